The fraction of sp³-hybridized carbons (Fsp3) is 0.368. The number of piperazine rings is 1. The van der Waals surface area contributed by atoms with Crippen molar-refractivity contribution in [2.75, 3.05) is 38.5 Å². The quantitative estimate of drug-likeness (QED) is 0.726. The minimum absolute atomic E-state index is 0.131. The van der Waals surface area contributed by atoms with Crippen LogP contribution in [0, 0.1) is 0 Å². The summed E-state index contributed by atoms with van der Waals surface area (Å²) in [7, 11) is -3.27. The molecule has 0 radical (unpaired) electrons. The molecule has 2 aromatic carbocycles. The van der Waals surface area contributed by atoms with Gasteiger partial charge < -0.3 is 0 Å². The van der Waals surface area contributed by atoms with Gasteiger partial charge >= 0.3 is 0 Å². The molecule has 0 amide bonds. The summed E-state index contributed by atoms with van der Waals surface area (Å²) in [6.07, 6.45) is 0. The zero-order valence-corrected chi connectivity index (χ0v) is 16.8. The number of hydrogen-bond acceptors (Lipinski definition) is 4. The van der Waals surface area contributed by atoms with Gasteiger partial charge in [0.05, 0.1) is 10.6 Å². The number of nitrogens with zero attached hydrogens (tertiary/aromatic N) is 2. The molecule has 7 heteroatoms. The van der Waals surface area contributed by atoms with E-state index in [9.17, 15) is 8.42 Å². The smallest absolute Gasteiger partial charge is 0.179 e. The minimum atomic E-state index is -3.27. The highest BCUT2D eigenvalue weighted by molar-refractivity contribution is 7.91. The van der Waals surface area contributed by atoms with Crippen LogP contribution in [0.5, 0.6) is 0 Å². The van der Waals surface area contributed by atoms with Crippen LogP contribution in [0.25, 0.3) is 0 Å². The fourth-order valence-electron chi connectivity index (χ4n) is 3.03. The van der Waals surface area contributed by atoms with Crippen LogP contribution < -0.4 is 0 Å². The van der Waals surface area contributed by atoms with Crippen LogP contribution in [0.15, 0.2) is 53.4 Å². The molecule has 0 aliphatic carbocycles. The van der Waals surface area contributed by atoms with Crippen LogP contribution in [0.4, 0.5) is 0 Å². The van der Waals surface area contributed by atoms with E-state index in [0.29, 0.717) is 16.5 Å². The van der Waals surface area contributed by atoms with Crippen LogP contribution in [0.3, 0.4) is 0 Å². The third-order valence-electron chi connectivity index (χ3n) is 4.63. The van der Waals surface area contributed by atoms with E-state index in [1.54, 1.807) is 24.3 Å². The van der Waals surface area contributed by atoms with Gasteiger partial charge in [-0.05, 0) is 42.0 Å². The van der Waals surface area contributed by atoms with Crippen molar-refractivity contribution in [3.63, 3.8) is 0 Å². The SMILES string of the molecule is O=S(=O)(CCN1CCN(Cc2ccc(Cl)cc2)CC1)c1ccc(Cl)cc1. The lowest BCUT2D eigenvalue weighted by atomic mass is 10.2. The summed E-state index contributed by atoms with van der Waals surface area (Å²) in [6, 6.07) is 14.3. The average Bonchev–Trinajstić information content (AvgIpc) is 2.63. The maximum absolute atomic E-state index is 12.4. The standard InChI is InChI=1S/C19H22Cl2N2O2S/c20-17-3-1-16(2-4-17)15-23-11-9-22(10-12-23)13-14-26(24,25)19-7-5-18(21)6-8-19/h1-8H,9-15H2. The van der Waals surface area contributed by atoms with E-state index in [0.717, 1.165) is 37.7 Å². The predicted octanol–water partition coefficient (Wildman–Crippen LogP) is 3.58. The molecule has 1 aliphatic heterocycles. The van der Waals surface area contributed by atoms with Crippen LogP contribution in [0.1, 0.15) is 5.56 Å². The van der Waals surface area contributed by atoms with Crippen molar-refractivity contribution < 1.29 is 8.42 Å². The number of sulfone groups is 1. The third-order valence-corrected chi connectivity index (χ3v) is 6.85. The van der Waals surface area contributed by atoms with E-state index in [1.165, 1.54) is 5.56 Å². The average molecular weight is 413 g/mol. The van der Waals surface area contributed by atoms with Gasteiger partial charge in [-0.3, -0.25) is 9.80 Å². The highest BCUT2D eigenvalue weighted by atomic mass is 35.5. The Morgan fingerprint density at radius 1 is 0.769 bits per heavy atom. The van der Waals surface area contributed by atoms with Gasteiger partial charge in [-0.1, -0.05) is 35.3 Å². The lowest BCUT2D eigenvalue weighted by molar-refractivity contribution is 0.132. The van der Waals surface area contributed by atoms with Crippen molar-refractivity contribution in [2.45, 2.75) is 11.4 Å². The van der Waals surface area contributed by atoms with E-state index in [2.05, 4.69) is 9.80 Å². The van der Waals surface area contributed by atoms with Crippen LogP contribution in [-0.4, -0.2) is 56.7 Å². The maximum atomic E-state index is 12.4. The molecule has 1 saturated heterocycles. The molecule has 0 spiro atoms. The number of hydrogen-bond donors (Lipinski definition) is 0. The molecule has 1 heterocycles. The number of halogens is 2. The molecule has 0 atom stereocenters. The summed E-state index contributed by atoms with van der Waals surface area (Å²) in [6.45, 7) is 5.08. The van der Waals surface area contributed by atoms with Crippen molar-refractivity contribution in [1.82, 2.24) is 9.80 Å². The van der Waals surface area contributed by atoms with Crippen LogP contribution in [-0.2, 0) is 16.4 Å². The van der Waals surface area contributed by atoms with Gasteiger partial charge in [0.1, 0.15) is 0 Å². The van der Waals surface area contributed by atoms with Crippen LogP contribution in [0.2, 0.25) is 10.0 Å². The first kappa shape index (κ1) is 19.6. The van der Waals surface area contributed by atoms with Crippen molar-refractivity contribution in [3.8, 4) is 0 Å². The summed E-state index contributed by atoms with van der Waals surface area (Å²) >= 11 is 11.7. The highest BCUT2D eigenvalue weighted by Crippen LogP contribution is 2.16. The fourth-order valence-corrected chi connectivity index (χ4v) is 4.57. The van der Waals surface area contributed by atoms with Gasteiger partial charge in [-0.2, -0.15) is 0 Å². The lowest BCUT2D eigenvalue weighted by Gasteiger charge is -2.34. The van der Waals surface area contributed by atoms with E-state index in [1.807, 2.05) is 24.3 Å². The van der Waals surface area contributed by atoms with Crippen molar-refractivity contribution in [1.29, 1.82) is 0 Å². The van der Waals surface area contributed by atoms with E-state index < -0.39 is 9.84 Å². The topological polar surface area (TPSA) is 40.6 Å². The number of benzene rings is 2. The molecule has 1 aliphatic rings. The molecule has 0 aromatic heterocycles. The number of rotatable bonds is 6. The summed E-state index contributed by atoms with van der Waals surface area (Å²) < 4.78 is 24.9. The summed E-state index contributed by atoms with van der Waals surface area (Å²) in [4.78, 5) is 4.93. The third kappa shape index (κ3) is 5.44. The molecule has 0 N–H and O–H groups in total. The molecule has 26 heavy (non-hydrogen) atoms. The Kier molecular flexibility index (Phi) is 6.59. The zero-order chi connectivity index (χ0) is 18.6. The Hall–Kier alpha value is -1.11. The first-order valence-electron chi connectivity index (χ1n) is 8.60. The van der Waals surface area contributed by atoms with E-state index >= 15 is 0 Å². The van der Waals surface area contributed by atoms with Crippen molar-refractivity contribution in [2.24, 2.45) is 0 Å². The van der Waals surface area contributed by atoms with Gasteiger partial charge in [0.2, 0.25) is 0 Å². The molecule has 0 unspecified atom stereocenters. The monoisotopic (exact) mass is 412 g/mol. The Labute approximate surface area is 165 Å². The van der Waals surface area contributed by atoms with Gasteiger partial charge in [-0.15, -0.1) is 0 Å². The minimum Gasteiger partial charge on any atom is -0.300 e. The Morgan fingerprint density at radius 2 is 1.27 bits per heavy atom. The van der Waals surface area contributed by atoms with Gasteiger partial charge in [0, 0.05) is 49.3 Å². The largest absolute Gasteiger partial charge is 0.300 e. The van der Waals surface area contributed by atoms with Gasteiger partial charge in [-0.25, -0.2) is 8.42 Å². The summed E-state index contributed by atoms with van der Waals surface area (Å²) in [5.41, 5.74) is 1.24. The molecule has 1 fully saturated rings. The van der Waals surface area contributed by atoms with Gasteiger partial charge in [0.15, 0.2) is 9.84 Å². The Bertz CT molecular complexity index is 816. The molecular formula is C19H22Cl2N2O2S. The molecule has 0 bridgehead atoms. The molecular weight excluding hydrogens is 391 g/mol. The van der Waals surface area contributed by atoms with E-state index in [-0.39, 0.29) is 5.75 Å². The molecule has 0 saturated carbocycles. The second kappa shape index (κ2) is 8.72. The molecule has 2 aromatic rings. The van der Waals surface area contributed by atoms with Crippen molar-refractivity contribution in [3.05, 3.63) is 64.1 Å². The highest BCUT2D eigenvalue weighted by Gasteiger charge is 2.20. The Morgan fingerprint density at radius 3 is 1.85 bits per heavy atom. The first-order valence-corrected chi connectivity index (χ1v) is 11.0. The second-order valence-corrected chi connectivity index (χ2v) is 9.50. The van der Waals surface area contributed by atoms with Crippen molar-refractivity contribution >= 4 is 33.0 Å². The zero-order valence-electron chi connectivity index (χ0n) is 14.4. The predicted molar refractivity (Wildman–Crippen MR) is 107 cm³/mol. The molecule has 3 rings (SSSR count). The molecule has 140 valence electrons. The maximum Gasteiger partial charge on any atom is 0.179 e. The lowest BCUT2D eigenvalue weighted by Crippen LogP contribution is -2.47. The molecule has 4 nitrogen and oxygen atoms in total. The second-order valence-electron chi connectivity index (χ2n) is 6.52. The summed E-state index contributed by atoms with van der Waals surface area (Å²) in [5, 5.41) is 1.29. The Balaban J connectivity index is 1.46. The normalized spacial score (nSPS) is 16.7. The van der Waals surface area contributed by atoms with Gasteiger partial charge in [0.25, 0.3) is 0 Å². The van der Waals surface area contributed by atoms with E-state index in [4.69, 9.17) is 23.2 Å². The van der Waals surface area contributed by atoms with Crippen LogP contribution >= 0.6 is 23.2 Å². The first-order chi connectivity index (χ1) is 12.4. The summed E-state index contributed by atoms with van der Waals surface area (Å²) in [5.74, 6) is 0.131.